The van der Waals surface area contributed by atoms with Gasteiger partial charge in [-0.3, -0.25) is 0 Å². The average molecular weight is 359 g/mol. The number of hydrogen-bond donors (Lipinski definition) is 0. The molecular weight excluding hydrogens is 337 g/mol. The number of benzene rings is 1. The van der Waals surface area contributed by atoms with Crippen LogP contribution in [0.15, 0.2) is 18.2 Å². The van der Waals surface area contributed by atoms with Gasteiger partial charge in [-0.15, -0.1) is 0 Å². The molecule has 0 radical (unpaired) electrons. The number of carboxylic acid groups (broad SMARTS) is 1. The summed E-state index contributed by atoms with van der Waals surface area (Å²) < 4.78 is 45.8. The van der Waals surface area contributed by atoms with Crippen molar-refractivity contribution in [2.24, 2.45) is 11.3 Å². The van der Waals surface area contributed by atoms with Crippen molar-refractivity contribution in [2.45, 2.75) is 53.1 Å². The van der Waals surface area contributed by atoms with E-state index < -0.39 is 35.7 Å². The summed E-state index contributed by atoms with van der Waals surface area (Å²) in [5.41, 5.74) is -0.0669. The third-order valence-electron chi connectivity index (χ3n) is 3.48. The van der Waals surface area contributed by atoms with E-state index in [0.717, 1.165) is 18.2 Å². The first kappa shape index (κ1) is 21.0. The summed E-state index contributed by atoms with van der Waals surface area (Å²) >= 11 is 0. The van der Waals surface area contributed by atoms with Crippen LogP contribution in [0.25, 0.3) is 0 Å². The molecule has 0 heterocycles. The van der Waals surface area contributed by atoms with Crippen LogP contribution in [-0.2, 0) is 16.0 Å². The molecule has 0 N–H and O–H groups in total. The number of carbonyl (C=O) groups is 2. The van der Waals surface area contributed by atoms with Crippen molar-refractivity contribution in [3.8, 4) is 0 Å². The van der Waals surface area contributed by atoms with Gasteiger partial charge in [0.25, 0.3) is 0 Å². The summed E-state index contributed by atoms with van der Waals surface area (Å²) in [4.78, 5) is 23.0. The van der Waals surface area contributed by atoms with Crippen LogP contribution in [-0.4, -0.2) is 24.0 Å². The zero-order valence-electron chi connectivity index (χ0n) is 14.9. The number of alkyl halides is 2. The van der Waals surface area contributed by atoms with Crippen molar-refractivity contribution in [2.75, 3.05) is 0 Å². The first-order valence-electron chi connectivity index (χ1n) is 7.84. The molecule has 0 saturated heterocycles. The number of esters is 1. The van der Waals surface area contributed by atoms with E-state index in [1.807, 2.05) is 20.8 Å². The van der Waals surface area contributed by atoms with Gasteiger partial charge in [-0.1, -0.05) is 34.6 Å². The lowest BCUT2D eigenvalue weighted by atomic mass is 9.86. The molecule has 0 spiro atoms. The normalized spacial score (nSPS) is 13.6. The molecule has 7 heteroatoms. The fourth-order valence-electron chi connectivity index (χ4n) is 2.40. The molecule has 1 rings (SSSR count). The Balaban J connectivity index is 3.20. The van der Waals surface area contributed by atoms with Gasteiger partial charge in [0.05, 0.1) is 5.56 Å². The van der Waals surface area contributed by atoms with Crippen molar-refractivity contribution in [3.05, 3.63) is 35.1 Å². The molecule has 1 unspecified atom stereocenters. The van der Waals surface area contributed by atoms with E-state index in [0.29, 0.717) is 12.0 Å². The van der Waals surface area contributed by atoms with Gasteiger partial charge in [-0.2, -0.15) is 8.78 Å². The lowest BCUT2D eigenvalue weighted by molar-refractivity contribution is -0.337. The Morgan fingerprint density at radius 2 is 1.76 bits per heavy atom. The monoisotopic (exact) mass is 359 g/mol. The van der Waals surface area contributed by atoms with E-state index in [2.05, 4.69) is 0 Å². The van der Waals surface area contributed by atoms with Crippen LogP contribution in [0, 0.1) is 17.2 Å². The maximum absolute atomic E-state index is 13.8. The third kappa shape index (κ3) is 5.47. The first-order valence-corrected chi connectivity index (χ1v) is 7.84. The Kier molecular flexibility index (Phi) is 6.26. The van der Waals surface area contributed by atoms with Gasteiger partial charge in [-0.25, -0.2) is 9.18 Å². The Hall–Kier alpha value is -2.05. The van der Waals surface area contributed by atoms with Gasteiger partial charge < -0.3 is 14.6 Å². The van der Waals surface area contributed by atoms with E-state index >= 15 is 0 Å². The van der Waals surface area contributed by atoms with E-state index in [1.54, 1.807) is 0 Å². The number of carbonyl (C=O) groups excluding carboxylic acids is 2. The molecule has 1 aromatic carbocycles. The Morgan fingerprint density at radius 3 is 2.20 bits per heavy atom. The summed E-state index contributed by atoms with van der Waals surface area (Å²) in [6, 6.07) is 3.31. The van der Waals surface area contributed by atoms with Crippen LogP contribution in [0.2, 0.25) is 0 Å². The minimum absolute atomic E-state index is 0.0730. The highest BCUT2D eigenvalue weighted by molar-refractivity contribution is 5.91. The van der Waals surface area contributed by atoms with Crippen LogP contribution in [0.5, 0.6) is 0 Å². The predicted octanol–water partition coefficient (Wildman–Crippen LogP) is 2.98. The summed E-state index contributed by atoms with van der Waals surface area (Å²) in [5, 5.41) is 10.7. The molecule has 0 aliphatic heterocycles. The fraction of sp³-hybridized carbons (Fsp3) is 0.556. The minimum Gasteiger partial charge on any atom is -0.544 e. The molecular formula is C18H22F3O4-. The van der Waals surface area contributed by atoms with Crippen LogP contribution >= 0.6 is 0 Å². The van der Waals surface area contributed by atoms with Gasteiger partial charge in [-0.05, 0) is 41.5 Å². The van der Waals surface area contributed by atoms with Gasteiger partial charge in [0, 0.05) is 0 Å². The second-order valence-corrected chi connectivity index (χ2v) is 7.52. The molecule has 0 bridgehead atoms. The molecule has 1 aromatic rings. The summed E-state index contributed by atoms with van der Waals surface area (Å²) in [6.45, 7) is 8.21. The summed E-state index contributed by atoms with van der Waals surface area (Å²) in [6.07, 6.45) is -1.89. The molecule has 0 aliphatic rings. The number of ether oxygens (including phenoxy) is 1. The lowest BCUT2D eigenvalue weighted by Gasteiger charge is -2.30. The highest BCUT2D eigenvalue weighted by atomic mass is 19.3. The van der Waals surface area contributed by atoms with Crippen molar-refractivity contribution < 1.29 is 32.6 Å². The fourth-order valence-corrected chi connectivity index (χ4v) is 2.40. The van der Waals surface area contributed by atoms with Crippen molar-refractivity contribution in [1.82, 2.24) is 0 Å². The second-order valence-electron chi connectivity index (χ2n) is 7.52. The van der Waals surface area contributed by atoms with Crippen LogP contribution in [0.1, 0.15) is 50.5 Å². The quantitative estimate of drug-likeness (QED) is 0.733. The van der Waals surface area contributed by atoms with E-state index in [9.17, 15) is 27.9 Å². The van der Waals surface area contributed by atoms with Gasteiger partial charge in [0.2, 0.25) is 0 Å². The smallest absolute Gasteiger partial charge is 0.338 e. The van der Waals surface area contributed by atoms with Gasteiger partial charge >= 0.3 is 11.9 Å². The van der Waals surface area contributed by atoms with Gasteiger partial charge in [0.1, 0.15) is 11.8 Å². The summed E-state index contributed by atoms with van der Waals surface area (Å²) in [7, 11) is 0. The molecule has 0 fully saturated rings. The van der Waals surface area contributed by atoms with Crippen molar-refractivity contribution in [1.29, 1.82) is 0 Å². The molecule has 0 saturated carbocycles. The second kappa shape index (κ2) is 7.45. The molecule has 1 atom stereocenters. The van der Waals surface area contributed by atoms with E-state index in [4.69, 9.17) is 4.74 Å². The van der Waals surface area contributed by atoms with E-state index in [-0.39, 0.29) is 11.0 Å². The zero-order valence-corrected chi connectivity index (χ0v) is 14.9. The van der Waals surface area contributed by atoms with Gasteiger partial charge in [0.15, 0.2) is 6.10 Å². The van der Waals surface area contributed by atoms with Crippen molar-refractivity contribution in [3.63, 3.8) is 0 Å². The SMILES string of the molecule is CC(C)C(OC(=O)c1ccc(F)cc1CC(C)(C)C)C(F)(F)C(=O)[O-]. The third-order valence-corrected chi connectivity index (χ3v) is 3.48. The molecule has 140 valence electrons. The Bertz CT molecular complexity index is 648. The highest BCUT2D eigenvalue weighted by Crippen LogP contribution is 2.29. The lowest BCUT2D eigenvalue weighted by Crippen LogP contribution is -2.53. The van der Waals surface area contributed by atoms with Crippen LogP contribution < -0.4 is 5.11 Å². The highest BCUT2D eigenvalue weighted by Gasteiger charge is 2.46. The number of aliphatic carboxylic acids is 1. The number of carboxylic acids is 1. The van der Waals surface area contributed by atoms with E-state index in [1.165, 1.54) is 13.8 Å². The largest absolute Gasteiger partial charge is 0.544 e. The molecule has 0 aliphatic carbocycles. The first-order chi connectivity index (χ1) is 11.3. The summed E-state index contributed by atoms with van der Waals surface area (Å²) in [5.74, 6) is -9.62. The van der Waals surface area contributed by atoms with Crippen LogP contribution in [0.3, 0.4) is 0 Å². The van der Waals surface area contributed by atoms with Crippen molar-refractivity contribution >= 4 is 11.9 Å². The Morgan fingerprint density at radius 1 is 1.20 bits per heavy atom. The number of halogens is 3. The standard InChI is InChI=1S/C18H23F3O4/c1-10(2)14(18(20,21)16(23)24)25-15(22)13-7-6-12(19)8-11(13)9-17(3,4)5/h6-8,10,14H,9H2,1-5H3,(H,23,24)/p-1. The molecule has 0 amide bonds. The predicted molar refractivity (Wildman–Crippen MR) is 83.6 cm³/mol. The maximum Gasteiger partial charge on any atom is 0.338 e. The average Bonchev–Trinajstić information content (AvgIpc) is 2.42. The zero-order chi connectivity index (χ0) is 19.6. The minimum atomic E-state index is -4.34. The number of hydrogen-bond acceptors (Lipinski definition) is 4. The molecule has 4 nitrogen and oxygen atoms in total. The topological polar surface area (TPSA) is 66.4 Å². The Labute approximate surface area is 145 Å². The molecule has 25 heavy (non-hydrogen) atoms. The van der Waals surface area contributed by atoms with Crippen LogP contribution in [0.4, 0.5) is 13.2 Å². The maximum atomic E-state index is 13.8. The number of rotatable bonds is 6. The molecule has 0 aromatic heterocycles.